The molecule has 0 fully saturated rings. The number of allylic oxidation sites excluding steroid dienone is 3. The molecule has 0 aromatic heterocycles. The Bertz CT molecular complexity index is 838. The number of rotatable bonds is 2. The molecule has 1 heterocycles. The zero-order chi connectivity index (χ0) is 15.5. The molecule has 1 atom stereocenters. The summed E-state index contributed by atoms with van der Waals surface area (Å²) in [5, 5.41) is 9.39. The lowest BCUT2D eigenvalue weighted by molar-refractivity contribution is -0.118. The van der Waals surface area contributed by atoms with Gasteiger partial charge in [-0.1, -0.05) is 52.4 Å². The molecule has 1 aromatic carbocycles. The van der Waals surface area contributed by atoms with Crippen LogP contribution in [0.4, 0.5) is 0 Å². The summed E-state index contributed by atoms with van der Waals surface area (Å²) in [6.07, 6.45) is 8.80. The van der Waals surface area contributed by atoms with E-state index in [4.69, 9.17) is 0 Å². The van der Waals surface area contributed by atoms with Gasteiger partial charge in [0.25, 0.3) is 5.91 Å². The average molecular weight is 352 g/mol. The van der Waals surface area contributed by atoms with Crippen molar-refractivity contribution < 1.29 is 4.79 Å². The first-order valence-corrected chi connectivity index (χ1v) is 7.41. The monoisotopic (exact) mass is 351 g/mol. The van der Waals surface area contributed by atoms with Gasteiger partial charge in [0.05, 0.1) is 11.3 Å². The largest absolute Gasteiger partial charge is 0.271 e. The standard InChI is InChI=1S/C17H10BrN3O/c18-14-7-3-1-5-11(14)9-12(10-19)16-20-15-8-4-2-6-13(15)17(22)21-16/h1-9,13H/b12-9+. The Labute approximate surface area is 136 Å². The summed E-state index contributed by atoms with van der Waals surface area (Å²) in [5.41, 5.74) is 1.70. The average Bonchev–Trinajstić information content (AvgIpc) is 2.54. The number of halogens is 1. The SMILES string of the molecule is N#C/C(=C\c1ccccc1Br)C1=NC(=O)C2C=CC=CC2=N1. The maximum atomic E-state index is 12.1. The first kappa shape index (κ1) is 14.4. The summed E-state index contributed by atoms with van der Waals surface area (Å²) in [7, 11) is 0. The number of nitriles is 1. The van der Waals surface area contributed by atoms with Crippen molar-refractivity contribution in [2.24, 2.45) is 15.9 Å². The number of carbonyl (C=O) groups excluding carboxylic acids is 1. The molecule has 5 heteroatoms. The van der Waals surface area contributed by atoms with Crippen LogP contribution < -0.4 is 0 Å². The second-order valence-corrected chi connectivity index (χ2v) is 5.58. The van der Waals surface area contributed by atoms with Crippen molar-refractivity contribution in [3.05, 3.63) is 64.2 Å². The predicted molar refractivity (Wildman–Crippen MR) is 89.4 cm³/mol. The number of amides is 1. The molecule has 1 aromatic rings. The van der Waals surface area contributed by atoms with Gasteiger partial charge in [0.2, 0.25) is 0 Å². The third-order valence-electron chi connectivity index (χ3n) is 3.28. The van der Waals surface area contributed by atoms with E-state index in [1.165, 1.54) is 0 Å². The van der Waals surface area contributed by atoms with Crippen molar-refractivity contribution in [3.63, 3.8) is 0 Å². The van der Waals surface area contributed by atoms with Crippen LogP contribution in [0, 0.1) is 17.2 Å². The molecule has 0 N–H and O–H groups in total. The minimum absolute atomic E-state index is 0.162. The van der Waals surface area contributed by atoms with Crippen molar-refractivity contribution in [1.82, 2.24) is 0 Å². The van der Waals surface area contributed by atoms with E-state index in [1.807, 2.05) is 30.3 Å². The minimum Gasteiger partial charge on any atom is -0.271 e. The van der Waals surface area contributed by atoms with Gasteiger partial charge in [-0.15, -0.1) is 0 Å². The molecule has 22 heavy (non-hydrogen) atoms. The van der Waals surface area contributed by atoms with E-state index < -0.39 is 5.92 Å². The lowest BCUT2D eigenvalue weighted by atomic mass is 9.96. The first-order chi connectivity index (χ1) is 10.7. The molecule has 1 aliphatic heterocycles. The molecule has 4 nitrogen and oxygen atoms in total. The zero-order valence-corrected chi connectivity index (χ0v) is 13.0. The maximum absolute atomic E-state index is 12.1. The topological polar surface area (TPSA) is 65.6 Å². The highest BCUT2D eigenvalue weighted by molar-refractivity contribution is 9.10. The van der Waals surface area contributed by atoms with Crippen LogP contribution in [-0.4, -0.2) is 17.5 Å². The molecule has 0 radical (unpaired) electrons. The summed E-state index contributed by atoms with van der Waals surface area (Å²) in [6.45, 7) is 0. The van der Waals surface area contributed by atoms with Crippen LogP contribution in [0.15, 0.2) is 68.6 Å². The van der Waals surface area contributed by atoms with E-state index in [1.54, 1.807) is 24.3 Å². The van der Waals surface area contributed by atoms with Crippen molar-refractivity contribution in [2.45, 2.75) is 0 Å². The van der Waals surface area contributed by atoms with Gasteiger partial charge in [-0.2, -0.15) is 10.3 Å². The second-order valence-electron chi connectivity index (χ2n) is 4.72. The van der Waals surface area contributed by atoms with Crippen LogP contribution in [0.2, 0.25) is 0 Å². The van der Waals surface area contributed by atoms with E-state index in [9.17, 15) is 10.1 Å². The quantitative estimate of drug-likeness (QED) is 0.765. The van der Waals surface area contributed by atoms with E-state index in [0.717, 1.165) is 10.0 Å². The number of aliphatic imine (C=N–C) groups is 2. The second kappa shape index (κ2) is 6.04. The van der Waals surface area contributed by atoms with E-state index in [-0.39, 0.29) is 17.3 Å². The van der Waals surface area contributed by atoms with Gasteiger partial charge in [0.15, 0.2) is 5.84 Å². The smallest absolute Gasteiger partial charge is 0.260 e. The van der Waals surface area contributed by atoms with Crippen LogP contribution in [0.25, 0.3) is 6.08 Å². The Balaban J connectivity index is 2.02. The lowest BCUT2D eigenvalue weighted by Crippen LogP contribution is -2.27. The molecule has 106 valence electrons. The summed E-state index contributed by atoms with van der Waals surface area (Å²) >= 11 is 3.43. The number of amidine groups is 1. The van der Waals surface area contributed by atoms with Gasteiger partial charge in [-0.05, 0) is 23.8 Å². The first-order valence-electron chi connectivity index (χ1n) is 6.62. The maximum Gasteiger partial charge on any atom is 0.260 e. The van der Waals surface area contributed by atoms with Gasteiger partial charge < -0.3 is 0 Å². The Kier molecular flexibility index (Phi) is 3.94. The third kappa shape index (κ3) is 2.74. The Morgan fingerprint density at radius 3 is 2.86 bits per heavy atom. The molecular weight excluding hydrogens is 342 g/mol. The molecule has 0 spiro atoms. The molecule has 2 aliphatic rings. The van der Waals surface area contributed by atoms with Crippen LogP contribution >= 0.6 is 15.9 Å². The summed E-state index contributed by atoms with van der Waals surface area (Å²) < 4.78 is 0.858. The normalized spacial score (nSPS) is 20.1. The minimum atomic E-state index is -0.433. The third-order valence-corrected chi connectivity index (χ3v) is 4.01. The number of nitrogens with zero attached hydrogens (tertiary/aromatic N) is 3. The van der Waals surface area contributed by atoms with Crippen LogP contribution in [0.5, 0.6) is 0 Å². The highest BCUT2D eigenvalue weighted by Gasteiger charge is 2.27. The van der Waals surface area contributed by atoms with Gasteiger partial charge in [-0.3, -0.25) is 4.79 Å². The Morgan fingerprint density at radius 2 is 2.09 bits per heavy atom. The molecule has 0 bridgehead atoms. The Hall–Kier alpha value is -2.58. The molecule has 0 saturated carbocycles. The lowest BCUT2D eigenvalue weighted by Gasteiger charge is -2.17. The fourth-order valence-electron chi connectivity index (χ4n) is 2.18. The number of benzene rings is 1. The number of hydrogen-bond acceptors (Lipinski definition) is 3. The highest BCUT2D eigenvalue weighted by atomic mass is 79.9. The van der Waals surface area contributed by atoms with Crippen molar-refractivity contribution in [2.75, 3.05) is 0 Å². The van der Waals surface area contributed by atoms with E-state index >= 15 is 0 Å². The highest BCUT2D eigenvalue weighted by Crippen LogP contribution is 2.22. The van der Waals surface area contributed by atoms with Crippen LogP contribution in [0.3, 0.4) is 0 Å². The molecule has 3 rings (SSSR count). The van der Waals surface area contributed by atoms with Crippen molar-refractivity contribution >= 4 is 39.5 Å². The molecule has 1 unspecified atom stereocenters. The van der Waals surface area contributed by atoms with Gasteiger partial charge in [0.1, 0.15) is 12.0 Å². The Morgan fingerprint density at radius 1 is 1.27 bits per heavy atom. The summed E-state index contributed by atoms with van der Waals surface area (Å²) in [6, 6.07) is 9.58. The van der Waals surface area contributed by atoms with E-state index in [0.29, 0.717) is 5.71 Å². The fourth-order valence-corrected chi connectivity index (χ4v) is 2.58. The van der Waals surface area contributed by atoms with Crippen molar-refractivity contribution in [1.29, 1.82) is 5.26 Å². The molecular formula is C17H10BrN3O. The van der Waals surface area contributed by atoms with Gasteiger partial charge >= 0.3 is 0 Å². The molecule has 1 amide bonds. The van der Waals surface area contributed by atoms with Gasteiger partial charge in [0, 0.05) is 4.47 Å². The summed E-state index contributed by atoms with van der Waals surface area (Å²) in [5.74, 6) is -0.569. The van der Waals surface area contributed by atoms with Crippen LogP contribution in [0.1, 0.15) is 5.56 Å². The number of fused-ring (bicyclic) bond motifs is 1. The zero-order valence-electron chi connectivity index (χ0n) is 11.4. The van der Waals surface area contributed by atoms with E-state index in [2.05, 4.69) is 32.0 Å². The van der Waals surface area contributed by atoms with Crippen LogP contribution in [-0.2, 0) is 4.79 Å². The summed E-state index contributed by atoms with van der Waals surface area (Å²) in [4.78, 5) is 20.4. The molecule has 1 aliphatic carbocycles. The van der Waals surface area contributed by atoms with Gasteiger partial charge in [-0.25, -0.2) is 4.99 Å². The number of hydrogen-bond donors (Lipinski definition) is 0. The molecule has 0 saturated heterocycles. The fraction of sp³-hybridized carbons (Fsp3) is 0.0588. The van der Waals surface area contributed by atoms with Crippen molar-refractivity contribution in [3.8, 4) is 6.07 Å². The predicted octanol–water partition coefficient (Wildman–Crippen LogP) is 3.48. The number of carbonyl (C=O) groups is 1.